The highest BCUT2D eigenvalue weighted by Crippen LogP contribution is 2.39. The largest absolute Gasteiger partial charge is 0.247 e. The van der Waals surface area contributed by atoms with E-state index in [4.69, 9.17) is 4.98 Å². The van der Waals surface area contributed by atoms with Gasteiger partial charge in [-0.3, -0.25) is 0 Å². The van der Waals surface area contributed by atoms with E-state index in [0.29, 0.717) is 0 Å². The third kappa shape index (κ3) is 3.51. The Kier molecular flexibility index (Phi) is 4.77. The van der Waals surface area contributed by atoms with Crippen molar-refractivity contribution < 1.29 is 0 Å². The fraction of sp³-hybridized carbons (Fsp3) is 0.160. The van der Waals surface area contributed by atoms with Gasteiger partial charge >= 0.3 is 0 Å². The number of aromatic nitrogens is 1. The number of hydrogen-bond acceptors (Lipinski definition) is 1. The first-order valence-corrected chi connectivity index (χ1v) is 10.3. The molecule has 0 amide bonds. The van der Waals surface area contributed by atoms with E-state index >= 15 is 0 Å². The zero-order valence-electron chi connectivity index (χ0n) is 15.8. The molecule has 0 N–H and O–H groups in total. The van der Waals surface area contributed by atoms with Crippen molar-refractivity contribution in [3.8, 4) is 22.4 Å². The van der Waals surface area contributed by atoms with Crippen molar-refractivity contribution >= 4 is 33.5 Å². The highest BCUT2D eigenvalue weighted by atomic mass is 127. The summed E-state index contributed by atoms with van der Waals surface area (Å²) in [6.07, 6.45) is 0. The van der Waals surface area contributed by atoms with Crippen LogP contribution < -0.4 is 0 Å². The van der Waals surface area contributed by atoms with Crippen molar-refractivity contribution in [1.82, 2.24) is 4.98 Å². The molecule has 27 heavy (non-hydrogen) atoms. The maximum absolute atomic E-state index is 5.05. The van der Waals surface area contributed by atoms with Crippen molar-refractivity contribution in [2.24, 2.45) is 0 Å². The molecule has 0 saturated heterocycles. The number of hydrogen-bond donors (Lipinski definition) is 0. The van der Waals surface area contributed by atoms with Crippen molar-refractivity contribution in [2.45, 2.75) is 26.2 Å². The number of pyridine rings is 1. The lowest BCUT2D eigenvalue weighted by Crippen LogP contribution is -2.11. The third-order valence-corrected chi connectivity index (χ3v) is 5.95. The van der Waals surface area contributed by atoms with E-state index in [1.165, 1.54) is 25.6 Å². The van der Waals surface area contributed by atoms with Gasteiger partial charge in [-0.15, -0.1) is 0 Å². The molecule has 2 heteroatoms. The van der Waals surface area contributed by atoms with E-state index in [2.05, 4.69) is 116 Å². The lowest BCUT2D eigenvalue weighted by atomic mass is 9.85. The minimum absolute atomic E-state index is 0.103. The van der Waals surface area contributed by atoms with E-state index in [9.17, 15) is 0 Å². The first-order valence-electron chi connectivity index (χ1n) is 9.20. The minimum atomic E-state index is 0.103. The zero-order chi connectivity index (χ0) is 19.0. The summed E-state index contributed by atoms with van der Waals surface area (Å²) in [6, 6.07) is 27.8. The second kappa shape index (κ2) is 7.08. The molecular formula is C25H22IN. The average Bonchev–Trinajstić information content (AvgIpc) is 2.68. The molecule has 0 aliphatic heterocycles. The van der Waals surface area contributed by atoms with Gasteiger partial charge in [0.15, 0.2) is 0 Å². The molecule has 0 aliphatic rings. The summed E-state index contributed by atoms with van der Waals surface area (Å²) in [5.74, 6) is 0. The summed E-state index contributed by atoms with van der Waals surface area (Å²) >= 11 is 2.47. The van der Waals surface area contributed by atoms with Gasteiger partial charge in [-0.05, 0) is 51.3 Å². The Morgan fingerprint density at radius 1 is 0.741 bits per heavy atom. The fourth-order valence-electron chi connectivity index (χ4n) is 3.38. The predicted molar refractivity (Wildman–Crippen MR) is 124 cm³/mol. The average molecular weight is 463 g/mol. The van der Waals surface area contributed by atoms with E-state index in [-0.39, 0.29) is 5.41 Å². The van der Waals surface area contributed by atoms with Crippen molar-refractivity contribution in [3.63, 3.8) is 0 Å². The quantitative estimate of drug-likeness (QED) is 0.281. The van der Waals surface area contributed by atoms with Crippen LogP contribution in [0.2, 0.25) is 0 Å². The second-order valence-electron chi connectivity index (χ2n) is 7.86. The molecule has 0 spiro atoms. The standard InChI is InChI=1S/C25H22IN/c1-25(2,3)19-14-15-21-20(16-19)22(17-10-6-4-7-11-17)23(26)24(27-21)18-12-8-5-9-13-18/h4-16H,1-3H3. The van der Waals surface area contributed by atoms with Gasteiger partial charge in [0.2, 0.25) is 0 Å². The van der Waals surface area contributed by atoms with Crippen LogP contribution in [0.25, 0.3) is 33.3 Å². The van der Waals surface area contributed by atoms with Crippen LogP contribution >= 0.6 is 22.6 Å². The van der Waals surface area contributed by atoms with E-state index in [0.717, 1.165) is 16.8 Å². The Morgan fingerprint density at radius 2 is 1.33 bits per heavy atom. The molecule has 4 aromatic rings. The number of rotatable bonds is 2. The molecule has 4 rings (SSSR count). The molecular weight excluding hydrogens is 441 g/mol. The monoisotopic (exact) mass is 463 g/mol. The smallest absolute Gasteiger partial charge is 0.0849 e. The Hall–Kier alpha value is -2.20. The predicted octanol–water partition coefficient (Wildman–Crippen LogP) is 7.47. The second-order valence-corrected chi connectivity index (χ2v) is 8.94. The molecule has 0 saturated carbocycles. The van der Waals surface area contributed by atoms with Crippen LogP contribution in [-0.2, 0) is 5.41 Å². The van der Waals surface area contributed by atoms with Gasteiger partial charge in [0.1, 0.15) is 0 Å². The van der Waals surface area contributed by atoms with Gasteiger partial charge in [0, 0.05) is 20.1 Å². The summed E-state index contributed by atoms with van der Waals surface area (Å²) < 4.78 is 1.20. The van der Waals surface area contributed by atoms with Crippen LogP contribution in [0, 0.1) is 3.57 Å². The number of benzene rings is 3. The van der Waals surface area contributed by atoms with Crippen LogP contribution in [-0.4, -0.2) is 4.98 Å². The molecule has 134 valence electrons. The third-order valence-electron chi connectivity index (χ3n) is 4.90. The van der Waals surface area contributed by atoms with Crippen molar-refractivity contribution in [3.05, 3.63) is 88.0 Å². The van der Waals surface area contributed by atoms with Crippen LogP contribution in [0.3, 0.4) is 0 Å². The van der Waals surface area contributed by atoms with Crippen LogP contribution in [0.15, 0.2) is 78.9 Å². The number of halogens is 1. The molecule has 0 bridgehead atoms. The first-order chi connectivity index (χ1) is 12.9. The van der Waals surface area contributed by atoms with Crippen LogP contribution in [0.4, 0.5) is 0 Å². The van der Waals surface area contributed by atoms with Gasteiger partial charge in [-0.25, -0.2) is 4.98 Å². The topological polar surface area (TPSA) is 12.9 Å². The van der Waals surface area contributed by atoms with Gasteiger partial charge in [0.05, 0.1) is 11.2 Å². The summed E-state index contributed by atoms with van der Waals surface area (Å²) in [5, 5.41) is 1.22. The highest BCUT2D eigenvalue weighted by Gasteiger charge is 2.19. The summed E-state index contributed by atoms with van der Waals surface area (Å²) in [6.45, 7) is 6.77. The Balaban J connectivity index is 2.09. The molecule has 1 aromatic heterocycles. The number of fused-ring (bicyclic) bond motifs is 1. The molecule has 0 atom stereocenters. The fourth-order valence-corrected chi connectivity index (χ4v) is 4.41. The molecule has 1 nitrogen and oxygen atoms in total. The summed E-state index contributed by atoms with van der Waals surface area (Å²) in [5.41, 5.74) is 7.18. The van der Waals surface area contributed by atoms with Gasteiger partial charge in [-0.2, -0.15) is 0 Å². The summed E-state index contributed by atoms with van der Waals surface area (Å²) in [7, 11) is 0. The molecule has 1 heterocycles. The lowest BCUT2D eigenvalue weighted by Gasteiger charge is -2.21. The van der Waals surface area contributed by atoms with Crippen LogP contribution in [0.1, 0.15) is 26.3 Å². The molecule has 0 aliphatic carbocycles. The van der Waals surface area contributed by atoms with E-state index in [1.807, 2.05) is 6.07 Å². The maximum Gasteiger partial charge on any atom is 0.0849 e. The SMILES string of the molecule is CC(C)(C)c1ccc2nc(-c3ccccc3)c(I)c(-c3ccccc3)c2c1. The number of nitrogens with zero attached hydrogens (tertiary/aromatic N) is 1. The van der Waals surface area contributed by atoms with E-state index < -0.39 is 0 Å². The van der Waals surface area contributed by atoms with Gasteiger partial charge in [-0.1, -0.05) is 87.5 Å². The summed E-state index contributed by atoms with van der Waals surface area (Å²) in [4.78, 5) is 5.05. The highest BCUT2D eigenvalue weighted by molar-refractivity contribution is 14.1. The van der Waals surface area contributed by atoms with E-state index in [1.54, 1.807) is 0 Å². The van der Waals surface area contributed by atoms with Gasteiger partial charge < -0.3 is 0 Å². The van der Waals surface area contributed by atoms with Gasteiger partial charge in [0.25, 0.3) is 0 Å². The first kappa shape index (κ1) is 18.2. The lowest BCUT2D eigenvalue weighted by molar-refractivity contribution is 0.591. The molecule has 0 radical (unpaired) electrons. The normalized spacial score (nSPS) is 11.7. The van der Waals surface area contributed by atoms with Crippen molar-refractivity contribution in [1.29, 1.82) is 0 Å². The molecule has 0 fully saturated rings. The zero-order valence-corrected chi connectivity index (χ0v) is 18.0. The molecule has 0 unspecified atom stereocenters. The Labute approximate surface area is 174 Å². The van der Waals surface area contributed by atoms with Crippen LogP contribution in [0.5, 0.6) is 0 Å². The minimum Gasteiger partial charge on any atom is -0.247 e. The Bertz CT molecular complexity index is 1090. The Morgan fingerprint density at radius 3 is 1.93 bits per heavy atom. The maximum atomic E-state index is 5.05. The molecule has 3 aromatic carbocycles. The van der Waals surface area contributed by atoms with Crippen molar-refractivity contribution in [2.75, 3.05) is 0 Å².